The first-order valence-electron chi connectivity index (χ1n) is 9.08. The molecule has 0 bridgehead atoms. The van der Waals surface area contributed by atoms with Gasteiger partial charge in [-0.05, 0) is 37.1 Å². The van der Waals surface area contributed by atoms with Crippen LogP contribution in [0.2, 0.25) is 0 Å². The normalized spacial score (nSPS) is 16.2. The number of aromatic amines is 1. The van der Waals surface area contributed by atoms with Crippen molar-refractivity contribution in [2.75, 3.05) is 6.54 Å². The molecule has 10 heteroatoms. The van der Waals surface area contributed by atoms with Gasteiger partial charge < -0.3 is 4.90 Å². The zero-order chi connectivity index (χ0) is 20.1. The lowest BCUT2D eigenvalue weighted by molar-refractivity contribution is 0.0458. The highest BCUT2D eigenvalue weighted by molar-refractivity contribution is 5.96. The van der Waals surface area contributed by atoms with Crippen LogP contribution in [0.1, 0.15) is 34.1 Å². The average molecular weight is 393 g/mol. The summed E-state index contributed by atoms with van der Waals surface area (Å²) < 4.78 is 16.0. The van der Waals surface area contributed by atoms with Gasteiger partial charge in [-0.25, -0.2) is 14.2 Å². The number of hydrogen-bond donors (Lipinski definition) is 1. The fourth-order valence-corrected chi connectivity index (χ4v) is 3.58. The lowest BCUT2D eigenvalue weighted by atomic mass is 9.95. The highest BCUT2D eigenvalue weighted by Crippen LogP contribution is 2.34. The van der Waals surface area contributed by atoms with Crippen molar-refractivity contribution in [3.63, 3.8) is 0 Å². The molecule has 5 rings (SSSR count). The molecule has 1 saturated heterocycles. The van der Waals surface area contributed by atoms with E-state index in [9.17, 15) is 14.0 Å². The standard InChI is InChI=1S/C19H16FN7O2/c1-11-13(18(29)25-8-6-14(25)12-4-5-16(20)21-9-12)10-22-27(11)19-23-17(28)15-3-2-7-26(15)24-19/h2-5,7,9-10,14H,6,8H2,1H3,(H,23,24,28)/t14-/m0/s1. The van der Waals surface area contributed by atoms with Crippen molar-refractivity contribution >= 4 is 11.4 Å². The largest absolute Gasteiger partial charge is 0.331 e. The smallest absolute Gasteiger partial charge is 0.276 e. The van der Waals surface area contributed by atoms with Crippen LogP contribution in [0.4, 0.5) is 4.39 Å². The van der Waals surface area contributed by atoms with Crippen molar-refractivity contribution < 1.29 is 9.18 Å². The third-order valence-electron chi connectivity index (χ3n) is 5.25. The Hall–Kier alpha value is -3.82. The van der Waals surface area contributed by atoms with E-state index in [0.29, 0.717) is 23.3 Å². The molecule has 0 radical (unpaired) electrons. The highest BCUT2D eigenvalue weighted by Gasteiger charge is 2.35. The van der Waals surface area contributed by atoms with Crippen LogP contribution in [-0.4, -0.2) is 46.7 Å². The third-order valence-corrected chi connectivity index (χ3v) is 5.25. The van der Waals surface area contributed by atoms with Gasteiger partial charge in [-0.15, -0.1) is 5.10 Å². The fraction of sp³-hybridized carbons (Fsp3) is 0.211. The Kier molecular flexibility index (Phi) is 3.79. The minimum Gasteiger partial charge on any atom is -0.331 e. The number of pyridine rings is 1. The van der Waals surface area contributed by atoms with Gasteiger partial charge in [-0.3, -0.25) is 14.6 Å². The zero-order valence-corrected chi connectivity index (χ0v) is 15.4. The minimum absolute atomic E-state index is 0.146. The molecule has 0 spiro atoms. The SMILES string of the molecule is Cc1c(C(=O)N2CC[C@H]2c2ccc(F)nc2)cnn1-c1nn2cccc2c(=O)[nH]1. The maximum Gasteiger partial charge on any atom is 0.276 e. The van der Waals surface area contributed by atoms with E-state index in [1.807, 2.05) is 0 Å². The van der Waals surface area contributed by atoms with Gasteiger partial charge in [0.15, 0.2) is 0 Å². The second-order valence-electron chi connectivity index (χ2n) is 6.89. The van der Waals surface area contributed by atoms with Gasteiger partial charge in [0, 0.05) is 18.9 Å². The summed E-state index contributed by atoms with van der Waals surface area (Å²) >= 11 is 0. The Balaban J connectivity index is 1.46. The molecule has 1 atom stereocenters. The molecule has 0 aliphatic carbocycles. The number of hydrogen-bond acceptors (Lipinski definition) is 5. The number of carbonyl (C=O) groups excluding carboxylic acids is 1. The Labute approximate surface area is 163 Å². The summed E-state index contributed by atoms with van der Waals surface area (Å²) in [6, 6.07) is 6.17. The van der Waals surface area contributed by atoms with Crippen molar-refractivity contribution in [3.8, 4) is 5.95 Å². The second kappa shape index (κ2) is 6.36. The summed E-state index contributed by atoms with van der Waals surface area (Å²) in [5, 5.41) is 8.59. The molecule has 146 valence electrons. The summed E-state index contributed by atoms with van der Waals surface area (Å²) in [5.74, 6) is -0.513. The molecule has 1 amide bonds. The molecule has 5 heterocycles. The van der Waals surface area contributed by atoms with Crippen molar-refractivity contribution in [1.82, 2.24) is 34.3 Å². The number of nitrogens with zero attached hydrogens (tertiary/aromatic N) is 6. The quantitative estimate of drug-likeness (QED) is 0.533. The van der Waals surface area contributed by atoms with E-state index in [2.05, 4.69) is 20.2 Å². The molecule has 1 fully saturated rings. The van der Waals surface area contributed by atoms with Gasteiger partial charge in [-0.1, -0.05) is 6.07 Å². The number of aromatic nitrogens is 6. The van der Waals surface area contributed by atoms with Crippen molar-refractivity contribution in [2.45, 2.75) is 19.4 Å². The fourth-order valence-electron chi connectivity index (χ4n) is 3.58. The first kappa shape index (κ1) is 17.3. The number of fused-ring (bicyclic) bond motifs is 1. The minimum atomic E-state index is -0.552. The Morgan fingerprint density at radius 2 is 2.14 bits per heavy atom. The summed E-state index contributed by atoms with van der Waals surface area (Å²) in [5.41, 5.74) is 1.90. The highest BCUT2D eigenvalue weighted by atomic mass is 19.1. The number of amides is 1. The van der Waals surface area contributed by atoms with Crippen molar-refractivity contribution in [1.29, 1.82) is 0 Å². The van der Waals surface area contributed by atoms with Crippen molar-refractivity contribution in [3.05, 3.63) is 76.0 Å². The zero-order valence-electron chi connectivity index (χ0n) is 15.4. The van der Waals surface area contributed by atoms with Gasteiger partial charge in [0.2, 0.25) is 11.9 Å². The molecular weight excluding hydrogens is 377 g/mol. The number of likely N-dealkylation sites (tertiary alicyclic amines) is 1. The van der Waals surface area contributed by atoms with E-state index in [1.165, 1.54) is 27.7 Å². The first-order valence-corrected chi connectivity index (χ1v) is 9.08. The number of halogens is 1. The molecule has 1 aliphatic rings. The van der Waals surface area contributed by atoms with Gasteiger partial charge in [0.1, 0.15) is 5.52 Å². The van der Waals surface area contributed by atoms with Crippen LogP contribution in [0.25, 0.3) is 11.5 Å². The number of H-pyrrole nitrogens is 1. The first-order chi connectivity index (χ1) is 14.0. The van der Waals surface area contributed by atoms with Crippen LogP contribution in [0.15, 0.2) is 47.7 Å². The van der Waals surface area contributed by atoms with E-state index >= 15 is 0 Å². The Bertz CT molecular complexity index is 1290. The van der Waals surface area contributed by atoms with Gasteiger partial charge >= 0.3 is 0 Å². The van der Waals surface area contributed by atoms with Crippen LogP contribution in [0.5, 0.6) is 0 Å². The van der Waals surface area contributed by atoms with Crippen molar-refractivity contribution in [2.24, 2.45) is 0 Å². The Morgan fingerprint density at radius 3 is 2.86 bits per heavy atom. The average Bonchev–Trinajstić information content (AvgIpc) is 3.29. The summed E-state index contributed by atoms with van der Waals surface area (Å²) in [6.07, 6.45) is 5.37. The molecule has 4 aromatic heterocycles. The molecule has 0 saturated carbocycles. The predicted octanol–water partition coefficient (Wildman–Crippen LogP) is 1.64. The lowest BCUT2D eigenvalue weighted by Crippen LogP contribution is -2.45. The van der Waals surface area contributed by atoms with Crippen LogP contribution < -0.4 is 5.56 Å². The summed E-state index contributed by atoms with van der Waals surface area (Å²) in [4.78, 5) is 33.3. The van der Waals surface area contributed by atoms with Crippen LogP contribution >= 0.6 is 0 Å². The van der Waals surface area contributed by atoms with E-state index < -0.39 is 5.95 Å². The van der Waals surface area contributed by atoms with E-state index in [4.69, 9.17) is 0 Å². The topological polar surface area (TPSA) is 101 Å². The maximum atomic E-state index is 13.1. The monoisotopic (exact) mass is 393 g/mol. The summed E-state index contributed by atoms with van der Waals surface area (Å²) in [7, 11) is 0. The third kappa shape index (κ3) is 2.72. The molecule has 1 N–H and O–H groups in total. The van der Waals surface area contributed by atoms with E-state index in [1.54, 1.807) is 36.2 Å². The van der Waals surface area contributed by atoms with E-state index in [-0.39, 0.29) is 23.5 Å². The van der Waals surface area contributed by atoms with Gasteiger partial charge in [-0.2, -0.15) is 9.49 Å². The molecule has 0 unspecified atom stereocenters. The lowest BCUT2D eigenvalue weighted by Gasteiger charge is -2.41. The number of nitrogens with one attached hydrogen (secondary N) is 1. The number of carbonyl (C=O) groups is 1. The van der Waals surface area contributed by atoms with Gasteiger partial charge in [0.25, 0.3) is 11.5 Å². The molecule has 9 nitrogen and oxygen atoms in total. The molecule has 0 aromatic carbocycles. The predicted molar refractivity (Wildman–Crippen MR) is 100 cm³/mol. The molecule has 4 aromatic rings. The van der Waals surface area contributed by atoms with Crippen LogP contribution in [0.3, 0.4) is 0 Å². The molecule has 1 aliphatic heterocycles. The van der Waals surface area contributed by atoms with Gasteiger partial charge in [0.05, 0.1) is 23.5 Å². The Morgan fingerprint density at radius 1 is 1.28 bits per heavy atom. The summed E-state index contributed by atoms with van der Waals surface area (Å²) in [6.45, 7) is 2.34. The van der Waals surface area contributed by atoms with Crippen LogP contribution in [0, 0.1) is 12.9 Å². The number of rotatable bonds is 3. The maximum absolute atomic E-state index is 13.1. The molecular formula is C19H16FN7O2. The van der Waals surface area contributed by atoms with E-state index in [0.717, 1.165) is 12.0 Å². The second-order valence-corrected chi connectivity index (χ2v) is 6.89. The van der Waals surface area contributed by atoms with Crippen LogP contribution in [-0.2, 0) is 0 Å². The molecule has 29 heavy (non-hydrogen) atoms.